The highest BCUT2D eigenvalue weighted by atomic mass is 35.5. The fourth-order valence-corrected chi connectivity index (χ4v) is 2.38. The van der Waals surface area contributed by atoms with Gasteiger partial charge < -0.3 is 25.4 Å². The quantitative estimate of drug-likeness (QED) is 0.582. The molecule has 25 heavy (non-hydrogen) atoms. The van der Waals surface area contributed by atoms with E-state index < -0.39 is 29.9 Å². The molecule has 0 bridgehead atoms. The topological polar surface area (TPSA) is 116 Å². The Morgan fingerprint density at radius 1 is 1.28 bits per heavy atom. The van der Waals surface area contributed by atoms with E-state index >= 15 is 0 Å². The van der Waals surface area contributed by atoms with Crippen LogP contribution in [0, 0.1) is 0 Å². The molecule has 0 aliphatic carbocycles. The standard InChI is InChI=1S/C17H24ClNO6/c1-17(2,3)25-16(24)19-7-6-13(20)15(23)12-5-4-11(18)8-10(12)9-14(21)22/h4-5,8,13,15,20,23H,6-7,9H2,1-3H3,(H,19,24)(H,21,22). The number of nitrogens with one attached hydrogen (secondary N) is 1. The second kappa shape index (κ2) is 9.03. The second-order valence-electron chi connectivity index (χ2n) is 6.64. The van der Waals surface area contributed by atoms with Crippen LogP contribution in [0.2, 0.25) is 5.02 Å². The van der Waals surface area contributed by atoms with Gasteiger partial charge in [0, 0.05) is 11.6 Å². The van der Waals surface area contributed by atoms with Crippen LogP contribution in [-0.4, -0.2) is 45.6 Å². The molecule has 0 aromatic heterocycles. The Kier molecular flexibility index (Phi) is 7.66. The number of carboxylic acid groups (broad SMARTS) is 1. The molecule has 1 rings (SSSR count). The number of aliphatic carboxylic acids is 1. The summed E-state index contributed by atoms with van der Waals surface area (Å²) < 4.78 is 5.07. The smallest absolute Gasteiger partial charge is 0.407 e. The van der Waals surface area contributed by atoms with Gasteiger partial charge in [-0.15, -0.1) is 0 Å². The molecule has 4 N–H and O–H groups in total. The number of carbonyl (C=O) groups excluding carboxylic acids is 1. The first-order chi connectivity index (χ1) is 11.5. The van der Waals surface area contributed by atoms with Gasteiger partial charge in [-0.05, 0) is 50.5 Å². The summed E-state index contributed by atoms with van der Waals surface area (Å²) in [4.78, 5) is 22.5. The van der Waals surface area contributed by atoms with Crippen molar-refractivity contribution in [2.75, 3.05) is 6.54 Å². The molecule has 8 heteroatoms. The first kappa shape index (κ1) is 21.2. The van der Waals surface area contributed by atoms with Crippen molar-refractivity contribution in [2.24, 2.45) is 0 Å². The summed E-state index contributed by atoms with van der Waals surface area (Å²) in [5.41, 5.74) is -0.0136. The van der Waals surface area contributed by atoms with E-state index in [9.17, 15) is 19.8 Å². The van der Waals surface area contributed by atoms with Crippen LogP contribution in [0.1, 0.15) is 44.4 Å². The summed E-state index contributed by atoms with van der Waals surface area (Å²) in [5.74, 6) is -1.07. The summed E-state index contributed by atoms with van der Waals surface area (Å²) in [7, 11) is 0. The number of amides is 1. The number of rotatable bonds is 7. The Bertz CT molecular complexity index is 614. The summed E-state index contributed by atoms with van der Waals surface area (Å²) in [6, 6.07) is 4.44. The number of carbonyl (C=O) groups is 2. The maximum Gasteiger partial charge on any atom is 0.407 e. The Balaban J connectivity index is 2.66. The first-order valence-corrected chi connectivity index (χ1v) is 8.20. The third-order valence-corrected chi connectivity index (χ3v) is 3.47. The Morgan fingerprint density at radius 2 is 1.92 bits per heavy atom. The minimum Gasteiger partial charge on any atom is -0.481 e. The van der Waals surface area contributed by atoms with Crippen molar-refractivity contribution in [1.29, 1.82) is 0 Å². The van der Waals surface area contributed by atoms with Crippen LogP contribution in [0.15, 0.2) is 18.2 Å². The lowest BCUT2D eigenvalue weighted by molar-refractivity contribution is -0.136. The van der Waals surface area contributed by atoms with Crippen molar-refractivity contribution < 1.29 is 29.6 Å². The normalized spacial score (nSPS) is 13.8. The van der Waals surface area contributed by atoms with E-state index in [4.69, 9.17) is 21.4 Å². The van der Waals surface area contributed by atoms with E-state index in [1.807, 2.05) is 0 Å². The van der Waals surface area contributed by atoms with Gasteiger partial charge in [0.25, 0.3) is 0 Å². The molecular formula is C17H24ClNO6. The second-order valence-corrected chi connectivity index (χ2v) is 7.08. The molecule has 0 radical (unpaired) electrons. The largest absolute Gasteiger partial charge is 0.481 e. The molecule has 1 aromatic rings. The fourth-order valence-electron chi connectivity index (χ4n) is 2.18. The third-order valence-electron chi connectivity index (χ3n) is 3.24. The zero-order valence-corrected chi connectivity index (χ0v) is 15.2. The van der Waals surface area contributed by atoms with E-state index in [-0.39, 0.29) is 24.9 Å². The van der Waals surface area contributed by atoms with E-state index in [1.165, 1.54) is 18.2 Å². The van der Waals surface area contributed by atoms with Gasteiger partial charge in [-0.1, -0.05) is 17.7 Å². The SMILES string of the molecule is CC(C)(C)OC(=O)NCCC(O)C(O)c1ccc(Cl)cc1CC(=O)O. The van der Waals surface area contributed by atoms with Gasteiger partial charge in [0.15, 0.2) is 0 Å². The predicted molar refractivity (Wildman–Crippen MR) is 92.6 cm³/mol. The van der Waals surface area contributed by atoms with E-state index in [1.54, 1.807) is 20.8 Å². The van der Waals surface area contributed by atoms with Crippen LogP contribution in [0.4, 0.5) is 4.79 Å². The molecule has 0 spiro atoms. The minimum absolute atomic E-state index is 0.0650. The van der Waals surface area contributed by atoms with Gasteiger partial charge in [-0.3, -0.25) is 4.79 Å². The van der Waals surface area contributed by atoms with Crippen molar-refractivity contribution in [3.8, 4) is 0 Å². The van der Waals surface area contributed by atoms with E-state index in [2.05, 4.69) is 5.32 Å². The lowest BCUT2D eigenvalue weighted by Crippen LogP contribution is -2.34. The zero-order chi connectivity index (χ0) is 19.2. The summed E-state index contributed by atoms with van der Waals surface area (Å²) in [5, 5.41) is 32.2. The number of ether oxygens (including phenoxy) is 1. The van der Waals surface area contributed by atoms with Gasteiger partial charge in [-0.25, -0.2) is 4.79 Å². The average molecular weight is 374 g/mol. The summed E-state index contributed by atoms with van der Waals surface area (Å²) in [6.45, 7) is 5.29. The maximum atomic E-state index is 11.5. The molecule has 0 aliphatic rings. The van der Waals surface area contributed by atoms with Gasteiger partial charge >= 0.3 is 12.1 Å². The first-order valence-electron chi connectivity index (χ1n) is 7.82. The minimum atomic E-state index is -1.30. The monoisotopic (exact) mass is 373 g/mol. The Labute approximate surface area is 151 Å². The van der Waals surface area contributed by atoms with Crippen LogP contribution in [0.5, 0.6) is 0 Å². The maximum absolute atomic E-state index is 11.5. The molecule has 7 nitrogen and oxygen atoms in total. The number of aliphatic hydroxyl groups excluding tert-OH is 2. The highest BCUT2D eigenvalue weighted by Gasteiger charge is 2.23. The van der Waals surface area contributed by atoms with E-state index in [0.717, 1.165) is 0 Å². The van der Waals surface area contributed by atoms with Crippen LogP contribution in [0.25, 0.3) is 0 Å². The number of aliphatic hydroxyl groups is 2. The van der Waals surface area contributed by atoms with Crippen molar-refractivity contribution >= 4 is 23.7 Å². The highest BCUT2D eigenvalue weighted by Crippen LogP contribution is 2.26. The molecule has 0 fully saturated rings. The molecule has 1 amide bonds. The van der Waals surface area contributed by atoms with Crippen molar-refractivity contribution in [3.63, 3.8) is 0 Å². The number of halogens is 1. The number of carboxylic acids is 1. The number of hydrogen-bond acceptors (Lipinski definition) is 5. The molecule has 0 saturated carbocycles. The van der Waals surface area contributed by atoms with Crippen molar-refractivity contribution in [2.45, 2.75) is 51.4 Å². The summed E-state index contributed by atoms with van der Waals surface area (Å²) in [6.07, 6.45) is -3.37. The van der Waals surface area contributed by atoms with Crippen molar-refractivity contribution in [3.05, 3.63) is 34.3 Å². The fraction of sp³-hybridized carbons (Fsp3) is 0.529. The summed E-state index contributed by atoms with van der Waals surface area (Å²) >= 11 is 5.86. The van der Waals surface area contributed by atoms with Crippen molar-refractivity contribution in [1.82, 2.24) is 5.32 Å². The molecule has 140 valence electrons. The molecule has 0 saturated heterocycles. The Morgan fingerprint density at radius 3 is 2.48 bits per heavy atom. The van der Waals surface area contributed by atoms with Gasteiger partial charge in [0.1, 0.15) is 11.7 Å². The van der Waals surface area contributed by atoms with Gasteiger partial charge in [0.2, 0.25) is 0 Å². The lowest BCUT2D eigenvalue weighted by atomic mass is 9.95. The predicted octanol–water partition coefficient (Wildman–Crippen LogP) is 2.28. The van der Waals surface area contributed by atoms with E-state index in [0.29, 0.717) is 10.6 Å². The van der Waals surface area contributed by atoms with Gasteiger partial charge in [0.05, 0.1) is 12.5 Å². The van der Waals surface area contributed by atoms with Crippen LogP contribution < -0.4 is 5.32 Å². The van der Waals surface area contributed by atoms with Crippen LogP contribution in [0.3, 0.4) is 0 Å². The molecule has 0 aliphatic heterocycles. The van der Waals surface area contributed by atoms with Gasteiger partial charge in [-0.2, -0.15) is 0 Å². The molecule has 0 heterocycles. The average Bonchev–Trinajstić information content (AvgIpc) is 2.44. The molecule has 1 aromatic carbocycles. The molecule has 2 unspecified atom stereocenters. The number of alkyl carbamates (subject to hydrolysis) is 1. The third kappa shape index (κ3) is 7.72. The molecular weight excluding hydrogens is 350 g/mol. The number of benzene rings is 1. The Hall–Kier alpha value is -1.83. The molecule has 2 atom stereocenters. The number of hydrogen-bond donors (Lipinski definition) is 4. The lowest BCUT2D eigenvalue weighted by Gasteiger charge is -2.22. The van der Waals surface area contributed by atoms with Crippen LogP contribution in [-0.2, 0) is 16.0 Å². The van der Waals surface area contributed by atoms with Crippen LogP contribution >= 0.6 is 11.6 Å². The highest BCUT2D eigenvalue weighted by molar-refractivity contribution is 6.30. The zero-order valence-electron chi connectivity index (χ0n) is 14.5.